The van der Waals surface area contributed by atoms with Crippen molar-refractivity contribution in [2.75, 3.05) is 26.7 Å². The molecule has 2 heterocycles. The summed E-state index contributed by atoms with van der Waals surface area (Å²) in [6.07, 6.45) is 3.37. The third-order valence-corrected chi connectivity index (χ3v) is 8.04. The van der Waals surface area contributed by atoms with E-state index >= 15 is 0 Å². The molecule has 35 heavy (non-hydrogen) atoms. The van der Waals surface area contributed by atoms with Gasteiger partial charge >= 0.3 is 0 Å². The smallest absolute Gasteiger partial charge is 0.243 e. The van der Waals surface area contributed by atoms with E-state index in [2.05, 4.69) is 30.2 Å². The zero-order valence-electron chi connectivity index (χ0n) is 19.9. The SMILES string of the molecule is C=CCN(CC(=O)N1CCc2sccc2C1c1ccc(OC)cc1)C(=O)C1CC1c1ccccc1. The minimum absolute atomic E-state index is 0.0326. The molecule has 3 unspecified atom stereocenters. The van der Waals surface area contributed by atoms with E-state index in [4.69, 9.17) is 4.74 Å². The van der Waals surface area contributed by atoms with Gasteiger partial charge in [-0.1, -0.05) is 48.5 Å². The first-order valence-electron chi connectivity index (χ1n) is 12.0. The maximum atomic E-state index is 13.7. The fourth-order valence-corrected chi connectivity index (χ4v) is 6.05. The van der Waals surface area contributed by atoms with E-state index in [0.717, 1.165) is 24.2 Å². The lowest BCUT2D eigenvalue weighted by atomic mass is 9.93. The van der Waals surface area contributed by atoms with E-state index in [-0.39, 0.29) is 36.2 Å². The molecule has 2 aliphatic rings. The van der Waals surface area contributed by atoms with Gasteiger partial charge in [0.25, 0.3) is 0 Å². The van der Waals surface area contributed by atoms with Crippen molar-refractivity contribution in [3.63, 3.8) is 0 Å². The highest BCUT2D eigenvalue weighted by molar-refractivity contribution is 7.10. The molecule has 1 saturated carbocycles. The van der Waals surface area contributed by atoms with Crippen molar-refractivity contribution in [2.24, 2.45) is 5.92 Å². The zero-order chi connectivity index (χ0) is 24.4. The Hall–Kier alpha value is -3.38. The topological polar surface area (TPSA) is 49.9 Å². The van der Waals surface area contributed by atoms with E-state index in [1.54, 1.807) is 29.4 Å². The number of ether oxygens (including phenoxy) is 1. The number of amides is 2. The van der Waals surface area contributed by atoms with Crippen LogP contribution < -0.4 is 4.74 Å². The molecule has 6 heteroatoms. The van der Waals surface area contributed by atoms with Crippen LogP contribution in [0.5, 0.6) is 5.75 Å². The molecule has 0 saturated heterocycles. The highest BCUT2D eigenvalue weighted by Crippen LogP contribution is 2.48. The highest BCUT2D eigenvalue weighted by Gasteiger charge is 2.46. The Balaban J connectivity index is 1.35. The van der Waals surface area contributed by atoms with Crippen molar-refractivity contribution in [1.82, 2.24) is 9.80 Å². The largest absolute Gasteiger partial charge is 0.497 e. The maximum absolute atomic E-state index is 13.7. The summed E-state index contributed by atoms with van der Waals surface area (Å²) in [5, 5.41) is 2.10. The summed E-state index contributed by atoms with van der Waals surface area (Å²) >= 11 is 1.74. The minimum Gasteiger partial charge on any atom is -0.497 e. The van der Waals surface area contributed by atoms with Crippen molar-refractivity contribution in [2.45, 2.75) is 24.8 Å². The standard InChI is InChI=1S/C29H30N2O3S/c1-3-15-30(29(33)25-18-24(25)20-7-5-4-6-8-20)19-27(32)31-16-13-26-23(14-17-35-26)28(31)21-9-11-22(34-2)12-10-21/h3-12,14,17,24-25,28H,1,13,15-16,18-19H2,2H3. The molecule has 1 fully saturated rings. The Bertz CT molecular complexity index is 1200. The molecule has 3 atom stereocenters. The second-order valence-electron chi connectivity index (χ2n) is 9.18. The van der Waals surface area contributed by atoms with Gasteiger partial charge in [-0.15, -0.1) is 17.9 Å². The van der Waals surface area contributed by atoms with Gasteiger partial charge in [0.2, 0.25) is 11.8 Å². The monoisotopic (exact) mass is 486 g/mol. The van der Waals surface area contributed by atoms with Gasteiger partial charge in [0, 0.05) is 23.9 Å². The molecule has 0 spiro atoms. The average Bonchev–Trinajstić information content (AvgIpc) is 3.56. The molecule has 5 rings (SSSR count). The van der Waals surface area contributed by atoms with Gasteiger partial charge in [0.1, 0.15) is 12.3 Å². The summed E-state index contributed by atoms with van der Waals surface area (Å²) in [4.78, 5) is 32.0. The number of carbonyl (C=O) groups is 2. The number of thiophene rings is 1. The molecule has 0 radical (unpaired) electrons. The van der Waals surface area contributed by atoms with Gasteiger partial charge < -0.3 is 14.5 Å². The quantitative estimate of drug-likeness (QED) is 0.419. The fourth-order valence-electron chi connectivity index (χ4n) is 5.14. The maximum Gasteiger partial charge on any atom is 0.243 e. The van der Waals surface area contributed by atoms with Crippen LogP contribution in [0.25, 0.3) is 0 Å². The third-order valence-electron chi connectivity index (χ3n) is 7.04. The number of carbonyl (C=O) groups excluding carboxylic acids is 2. The number of benzene rings is 2. The van der Waals surface area contributed by atoms with Crippen LogP contribution in [0.2, 0.25) is 0 Å². The Morgan fingerprint density at radius 3 is 2.60 bits per heavy atom. The van der Waals surface area contributed by atoms with Gasteiger partial charge in [-0.2, -0.15) is 0 Å². The predicted octanol–water partition coefficient (Wildman–Crippen LogP) is 5.05. The molecule has 0 bridgehead atoms. The highest BCUT2D eigenvalue weighted by atomic mass is 32.1. The van der Waals surface area contributed by atoms with Crippen LogP contribution in [0, 0.1) is 5.92 Å². The van der Waals surface area contributed by atoms with Gasteiger partial charge in [-0.3, -0.25) is 9.59 Å². The average molecular weight is 487 g/mol. The second kappa shape index (κ2) is 10.1. The fraction of sp³-hybridized carbons (Fsp3) is 0.310. The lowest BCUT2D eigenvalue weighted by molar-refractivity contribution is -0.142. The van der Waals surface area contributed by atoms with Crippen LogP contribution in [-0.4, -0.2) is 48.4 Å². The molecule has 3 aromatic rings. The van der Waals surface area contributed by atoms with Crippen molar-refractivity contribution < 1.29 is 14.3 Å². The molecule has 180 valence electrons. The molecule has 2 aromatic carbocycles. The summed E-state index contributed by atoms with van der Waals surface area (Å²) in [6.45, 7) is 4.90. The zero-order valence-corrected chi connectivity index (χ0v) is 20.7. The van der Waals surface area contributed by atoms with Crippen LogP contribution in [0.4, 0.5) is 0 Å². The Kier molecular flexibility index (Phi) is 6.73. The molecule has 5 nitrogen and oxygen atoms in total. The Labute approximate surface area is 210 Å². The molecule has 1 aliphatic heterocycles. The van der Waals surface area contributed by atoms with Crippen LogP contribution in [0.15, 0.2) is 78.7 Å². The normalized spacial score (nSPS) is 20.6. The van der Waals surface area contributed by atoms with E-state index < -0.39 is 0 Å². The summed E-state index contributed by atoms with van der Waals surface area (Å²) in [7, 11) is 1.65. The Morgan fingerprint density at radius 2 is 1.89 bits per heavy atom. The molecule has 0 N–H and O–H groups in total. The summed E-state index contributed by atoms with van der Waals surface area (Å²) in [5.41, 5.74) is 3.41. The van der Waals surface area contributed by atoms with Gasteiger partial charge in [-0.05, 0) is 59.0 Å². The van der Waals surface area contributed by atoms with Crippen LogP contribution >= 0.6 is 11.3 Å². The first kappa shape index (κ1) is 23.4. The molecule has 2 amide bonds. The van der Waals surface area contributed by atoms with Gasteiger partial charge in [0.05, 0.1) is 13.2 Å². The predicted molar refractivity (Wildman–Crippen MR) is 139 cm³/mol. The lowest BCUT2D eigenvalue weighted by Gasteiger charge is -2.37. The molecule has 1 aliphatic carbocycles. The van der Waals surface area contributed by atoms with E-state index in [1.807, 2.05) is 47.4 Å². The van der Waals surface area contributed by atoms with Crippen molar-refractivity contribution in [3.8, 4) is 5.75 Å². The number of methoxy groups -OCH3 is 1. The number of hydrogen-bond acceptors (Lipinski definition) is 4. The van der Waals surface area contributed by atoms with Gasteiger partial charge in [-0.25, -0.2) is 0 Å². The Morgan fingerprint density at radius 1 is 1.11 bits per heavy atom. The summed E-state index contributed by atoms with van der Waals surface area (Å²) in [6, 6.07) is 20.0. The van der Waals surface area contributed by atoms with E-state index in [9.17, 15) is 9.59 Å². The first-order chi connectivity index (χ1) is 17.1. The summed E-state index contributed by atoms with van der Waals surface area (Å²) in [5.74, 6) is 0.970. The van der Waals surface area contributed by atoms with Crippen LogP contribution in [-0.2, 0) is 16.0 Å². The van der Waals surface area contributed by atoms with Crippen molar-refractivity contribution in [1.29, 1.82) is 0 Å². The number of fused-ring (bicyclic) bond motifs is 1. The van der Waals surface area contributed by atoms with Gasteiger partial charge in [0.15, 0.2) is 0 Å². The number of hydrogen-bond donors (Lipinski definition) is 0. The van der Waals surface area contributed by atoms with Crippen molar-refractivity contribution >= 4 is 23.2 Å². The van der Waals surface area contributed by atoms with E-state index in [1.165, 1.54) is 16.0 Å². The van der Waals surface area contributed by atoms with E-state index in [0.29, 0.717) is 13.1 Å². The summed E-state index contributed by atoms with van der Waals surface area (Å²) < 4.78 is 5.33. The second-order valence-corrected chi connectivity index (χ2v) is 10.2. The molecule has 1 aromatic heterocycles. The third kappa shape index (κ3) is 4.76. The minimum atomic E-state index is -0.165. The molecular weight excluding hydrogens is 456 g/mol. The number of nitrogens with zero attached hydrogens (tertiary/aromatic N) is 2. The molecular formula is C29H30N2O3S. The first-order valence-corrected chi connectivity index (χ1v) is 12.9. The lowest BCUT2D eigenvalue weighted by Crippen LogP contribution is -2.47. The number of rotatable bonds is 8. The van der Waals surface area contributed by atoms with Crippen LogP contribution in [0.3, 0.4) is 0 Å². The van der Waals surface area contributed by atoms with Crippen LogP contribution in [0.1, 0.15) is 39.9 Å². The van der Waals surface area contributed by atoms with Crippen molar-refractivity contribution in [3.05, 3.63) is 100 Å².